The average Bonchev–Trinajstić information content (AvgIpc) is 3.37. The molecule has 1 fully saturated rings. The molecule has 1 atom stereocenters. The molecule has 10 heteroatoms. The minimum Gasteiger partial charge on any atom is -0.497 e. The van der Waals surface area contributed by atoms with Crippen LogP contribution in [0, 0.1) is 0 Å². The molecular weight excluding hydrogens is 446 g/mol. The normalized spacial score (nSPS) is 17.3. The molecule has 0 radical (unpaired) electrons. The van der Waals surface area contributed by atoms with E-state index in [4.69, 9.17) is 22.1 Å². The maximum atomic E-state index is 11.6. The number of rotatable bonds is 6. The number of para-hydroxylation sites is 1. The summed E-state index contributed by atoms with van der Waals surface area (Å²) in [7, 11) is -1.35. The van der Waals surface area contributed by atoms with Crippen LogP contribution in [0.5, 0.6) is 5.75 Å². The molecule has 2 aromatic carbocycles. The topological polar surface area (TPSA) is 97.6 Å². The van der Waals surface area contributed by atoms with Crippen LogP contribution in [0.2, 0.25) is 0 Å². The SMILES string of the molecule is COc1ccc(-c2nn(-c3ccccc3)cc2/C=N\NC(=S)N[C@H]2CCS(=O)(=O)C2)cc1. The van der Waals surface area contributed by atoms with Gasteiger partial charge in [0.25, 0.3) is 0 Å². The van der Waals surface area contributed by atoms with Crippen LogP contribution in [0.3, 0.4) is 0 Å². The Labute approximate surface area is 192 Å². The third kappa shape index (κ3) is 5.32. The van der Waals surface area contributed by atoms with E-state index in [2.05, 4.69) is 15.8 Å². The number of methoxy groups -OCH3 is 1. The molecule has 0 unspecified atom stereocenters. The van der Waals surface area contributed by atoms with Crippen LogP contribution in [0.4, 0.5) is 0 Å². The van der Waals surface area contributed by atoms with Gasteiger partial charge in [0.05, 0.1) is 30.5 Å². The van der Waals surface area contributed by atoms with Gasteiger partial charge in [-0.3, -0.25) is 5.43 Å². The fraction of sp³-hybridized carbons (Fsp3) is 0.227. The van der Waals surface area contributed by atoms with Crippen LogP contribution in [0.1, 0.15) is 12.0 Å². The van der Waals surface area contributed by atoms with Gasteiger partial charge in [0, 0.05) is 23.4 Å². The molecule has 3 aromatic rings. The lowest BCUT2D eigenvalue weighted by Gasteiger charge is -2.12. The molecule has 32 heavy (non-hydrogen) atoms. The summed E-state index contributed by atoms with van der Waals surface area (Å²) < 4.78 is 30.2. The zero-order valence-electron chi connectivity index (χ0n) is 17.4. The Morgan fingerprint density at radius 2 is 1.97 bits per heavy atom. The molecule has 0 spiro atoms. The molecule has 0 amide bonds. The third-order valence-electron chi connectivity index (χ3n) is 5.06. The molecule has 166 valence electrons. The summed E-state index contributed by atoms with van der Waals surface area (Å²) in [5.74, 6) is 1.03. The Balaban J connectivity index is 1.53. The molecule has 1 aromatic heterocycles. The highest BCUT2D eigenvalue weighted by atomic mass is 32.2. The Kier molecular flexibility index (Phi) is 6.52. The summed E-state index contributed by atoms with van der Waals surface area (Å²) in [5.41, 5.74) is 6.15. The van der Waals surface area contributed by atoms with E-state index < -0.39 is 9.84 Å². The second-order valence-electron chi connectivity index (χ2n) is 7.39. The Hall–Kier alpha value is -3.24. The maximum Gasteiger partial charge on any atom is 0.187 e. The van der Waals surface area contributed by atoms with Gasteiger partial charge in [0.15, 0.2) is 14.9 Å². The van der Waals surface area contributed by atoms with Crippen molar-refractivity contribution >= 4 is 33.4 Å². The van der Waals surface area contributed by atoms with Crippen molar-refractivity contribution in [2.75, 3.05) is 18.6 Å². The van der Waals surface area contributed by atoms with Crippen molar-refractivity contribution in [1.82, 2.24) is 20.5 Å². The summed E-state index contributed by atoms with van der Waals surface area (Å²) in [4.78, 5) is 0. The van der Waals surface area contributed by atoms with Crippen LogP contribution in [0.25, 0.3) is 16.9 Å². The minimum atomic E-state index is -2.98. The van der Waals surface area contributed by atoms with Gasteiger partial charge in [-0.2, -0.15) is 10.2 Å². The second-order valence-corrected chi connectivity index (χ2v) is 10.0. The first-order valence-electron chi connectivity index (χ1n) is 10.0. The van der Waals surface area contributed by atoms with Crippen molar-refractivity contribution in [2.24, 2.45) is 5.10 Å². The highest BCUT2D eigenvalue weighted by Crippen LogP contribution is 2.25. The van der Waals surface area contributed by atoms with Crippen molar-refractivity contribution in [3.63, 3.8) is 0 Å². The minimum absolute atomic E-state index is 0.0873. The first kappa shape index (κ1) is 22.0. The quantitative estimate of drug-likeness (QED) is 0.325. The van der Waals surface area contributed by atoms with Gasteiger partial charge in [0.1, 0.15) is 11.4 Å². The zero-order valence-corrected chi connectivity index (χ0v) is 19.1. The molecule has 2 heterocycles. The van der Waals surface area contributed by atoms with Gasteiger partial charge >= 0.3 is 0 Å². The van der Waals surface area contributed by atoms with Crippen molar-refractivity contribution in [2.45, 2.75) is 12.5 Å². The largest absolute Gasteiger partial charge is 0.497 e. The number of nitrogens with zero attached hydrogens (tertiary/aromatic N) is 3. The number of hydrogen-bond acceptors (Lipinski definition) is 6. The van der Waals surface area contributed by atoms with Gasteiger partial charge in [-0.25, -0.2) is 13.1 Å². The summed E-state index contributed by atoms with van der Waals surface area (Å²) in [6, 6.07) is 17.2. The Morgan fingerprint density at radius 1 is 1.22 bits per heavy atom. The van der Waals surface area contributed by atoms with E-state index in [1.54, 1.807) is 18.0 Å². The molecule has 1 saturated heterocycles. The Bertz CT molecular complexity index is 1220. The number of nitrogens with one attached hydrogen (secondary N) is 2. The van der Waals surface area contributed by atoms with Gasteiger partial charge < -0.3 is 10.1 Å². The third-order valence-corrected chi connectivity index (χ3v) is 7.04. The lowest BCUT2D eigenvalue weighted by Crippen LogP contribution is -2.40. The first-order valence-corrected chi connectivity index (χ1v) is 12.3. The molecule has 0 aliphatic carbocycles. The molecule has 8 nitrogen and oxygen atoms in total. The van der Waals surface area contributed by atoms with Crippen LogP contribution >= 0.6 is 12.2 Å². The lowest BCUT2D eigenvalue weighted by atomic mass is 10.1. The molecular formula is C22H23N5O3S2. The van der Waals surface area contributed by atoms with Crippen LogP contribution in [0.15, 0.2) is 65.9 Å². The van der Waals surface area contributed by atoms with Crippen molar-refractivity contribution < 1.29 is 13.2 Å². The number of aromatic nitrogens is 2. The highest BCUT2D eigenvalue weighted by molar-refractivity contribution is 7.91. The standard InChI is InChI=1S/C22H23N5O3S2/c1-30-20-9-7-16(8-10-20)21-17(14-27(26-21)19-5-3-2-4-6-19)13-23-25-22(31)24-18-11-12-32(28,29)15-18/h2-10,13-14,18H,11-12,15H2,1H3,(H2,24,25,31)/b23-13-/t18-/m0/s1. The summed E-state index contributed by atoms with van der Waals surface area (Å²) >= 11 is 5.25. The predicted molar refractivity (Wildman–Crippen MR) is 129 cm³/mol. The van der Waals surface area contributed by atoms with Crippen LogP contribution in [-0.2, 0) is 9.84 Å². The van der Waals surface area contributed by atoms with Gasteiger partial charge in [0.2, 0.25) is 0 Å². The van der Waals surface area contributed by atoms with Crippen molar-refractivity contribution in [3.8, 4) is 22.7 Å². The number of sulfone groups is 1. The van der Waals surface area contributed by atoms with Gasteiger partial charge in [-0.15, -0.1) is 0 Å². The molecule has 1 aliphatic rings. The van der Waals surface area contributed by atoms with E-state index in [0.29, 0.717) is 6.42 Å². The van der Waals surface area contributed by atoms with E-state index >= 15 is 0 Å². The number of hydrazone groups is 1. The van der Waals surface area contributed by atoms with E-state index in [-0.39, 0.29) is 22.7 Å². The first-order chi connectivity index (χ1) is 15.4. The second kappa shape index (κ2) is 9.49. The molecule has 2 N–H and O–H groups in total. The molecule has 0 saturated carbocycles. The lowest BCUT2D eigenvalue weighted by molar-refractivity contribution is 0.415. The van der Waals surface area contributed by atoms with E-state index in [1.165, 1.54) is 0 Å². The average molecular weight is 470 g/mol. The fourth-order valence-corrected chi connectivity index (χ4v) is 5.35. The van der Waals surface area contributed by atoms with E-state index in [1.807, 2.05) is 60.8 Å². The fourth-order valence-electron chi connectivity index (χ4n) is 3.45. The number of benzene rings is 2. The summed E-state index contributed by atoms with van der Waals surface area (Å²) in [6.45, 7) is 0. The smallest absolute Gasteiger partial charge is 0.187 e. The number of thiocarbonyl (C=S) groups is 1. The van der Waals surface area contributed by atoms with Crippen LogP contribution < -0.4 is 15.5 Å². The van der Waals surface area contributed by atoms with Crippen molar-refractivity contribution in [1.29, 1.82) is 0 Å². The molecule has 0 bridgehead atoms. The molecule has 1 aliphatic heterocycles. The summed E-state index contributed by atoms with van der Waals surface area (Å²) in [5, 5.41) is 12.3. The molecule has 4 rings (SSSR count). The van der Waals surface area contributed by atoms with Crippen LogP contribution in [-0.4, -0.2) is 54.2 Å². The summed E-state index contributed by atoms with van der Waals surface area (Å²) in [6.07, 6.45) is 4.07. The predicted octanol–water partition coefficient (Wildman–Crippen LogP) is 2.53. The zero-order chi connectivity index (χ0) is 22.6. The number of ether oxygens (including phenoxy) is 1. The van der Waals surface area contributed by atoms with E-state index in [0.717, 1.165) is 28.3 Å². The van der Waals surface area contributed by atoms with E-state index in [9.17, 15) is 8.42 Å². The van der Waals surface area contributed by atoms with Crippen molar-refractivity contribution in [3.05, 3.63) is 66.4 Å². The monoisotopic (exact) mass is 469 g/mol. The van der Waals surface area contributed by atoms with Gasteiger partial charge in [-0.1, -0.05) is 18.2 Å². The Morgan fingerprint density at radius 3 is 2.62 bits per heavy atom. The highest BCUT2D eigenvalue weighted by Gasteiger charge is 2.28. The number of hydrogen-bond donors (Lipinski definition) is 2. The van der Waals surface area contributed by atoms with Gasteiger partial charge in [-0.05, 0) is 55.0 Å². The maximum absolute atomic E-state index is 11.6.